The number of hydrogen-bond donors (Lipinski definition) is 0. The number of carbonyl (C=O) groups excluding carboxylic acids is 1. The third-order valence-electron chi connectivity index (χ3n) is 6.25. The number of morpholine rings is 1. The molecule has 1 saturated heterocycles. The summed E-state index contributed by atoms with van der Waals surface area (Å²) in [4.78, 5) is 20.3. The molecular formula is C27H27N3O6S2. The van der Waals surface area contributed by atoms with Gasteiger partial charge in [-0.25, -0.2) is 18.3 Å². The summed E-state index contributed by atoms with van der Waals surface area (Å²) in [5, 5.41) is 0.438. The molecular weight excluding hydrogens is 526 g/mol. The van der Waals surface area contributed by atoms with Gasteiger partial charge in [0.2, 0.25) is 10.0 Å². The Balaban J connectivity index is 1.66. The lowest BCUT2D eigenvalue weighted by atomic mass is 10.1. The van der Waals surface area contributed by atoms with Crippen molar-refractivity contribution in [1.82, 2.24) is 9.29 Å². The first-order valence-corrected chi connectivity index (χ1v) is 14.2. The van der Waals surface area contributed by atoms with Crippen LogP contribution in [-0.2, 0) is 14.8 Å². The van der Waals surface area contributed by atoms with E-state index in [1.807, 2.05) is 43.3 Å². The number of ether oxygens (including phenoxy) is 3. The molecule has 11 heteroatoms. The SMILES string of the molecule is COc1ccc(C)cc1N(C(=O)c1ccc(OC)c(S(=O)(=O)N2CCOCC2)c1)c1nc2ccccc2s1. The zero-order chi connectivity index (χ0) is 26.9. The fraction of sp³-hybridized carbons (Fsp3) is 0.259. The monoisotopic (exact) mass is 553 g/mol. The molecule has 0 bridgehead atoms. The average Bonchev–Trinajstić information content (AvgIpc) is 3.37. The summed E-state index contributed by atoms with van der Waals surface area (Å²) in [5.74, 6) is 0.194. The number of para-hydroxylation sites is 1. The Morgan fingerprint density at radius 1 is 1.00 bits per heavy atom. The number of aromatic nitrogens is 1. The van der Waals surface area contributed by atoms with Crippen molar-refractivity contribution in [3.8, 4) is 11.5 Å². The van der Waals surface area contributed by atoms with Crippen LogP contribution in [-0.4, -0.2) is 64.1 Å². The molecule has 1 aromatic heterocycles. The molecule has 2 heterocycles. The van der Waals surface area contributed by atoms with Gasteiger partial charge in [-0.05, 0) is 55.0 Å². The predicted octanol–water partition coefficient (Wildman–Crippen LogP) is 4.62. The van der Waals surface area contributed by atoms with Gasteiger partial charge in [0.05, 0.1) is 43.3 Å². The summed E-state index contributed by atoms with van der Waals surface area (Å²) in [5.41, 5.74) is 2.35. The van der Waals surface area contributed by atoms with Crippen molar-refractivity contribution in [2.75, 3.05) is 45.4 Å². The molecule has 1 aliphatic rings. The van der Waals surface area contributed by atoms with E-state index in [2.05, 4.69) is 0 Å². The molecule has 0 radical (unpaired) electrons. The Labute approximate surface area is 225 Å². The summed E-state index contributed by atoms with van der Waals surface area (Å²) in [6.45, 7) is 2.98. The van der Waals surface area contributed by atoms with Crippen molar-refractivity contribution in [1.29, 1.82) is 0 Å². The highest BCUT2D eigenvalue weighted by atomic mass is 32.2. The van der Waals surface area contributed by atoms with Gasteiger partial charge in [0.1, 0.15) is 16.4 Å². The number of anilines is 2. The van der Waals surface area contributed by atoms with E-state index in [4.69, 9.17) is 19.2 Å². The minimum absolute atomic E-state index is 0.0757. The first kappa shape index (κ1) is 26.1. The topological polar surface area (TPSA) is 98.3 Å². The molecule has 1 fully saturated rings. The smallest absolute Gasteiger partial charge is 0.264 e. The van der Waals surface area contributed by atoms with Crippen LogP contribution in [0.25, 0.3) is 10.2 Å². The Morgan fingerprint density at radius 2 is 1.71 bits per heavy atom. The maximum atomic E-state index is 14.2. The van der Waals surface area contributed by atoms with Crippen LogP contribution in [0, 0.1) is 6.92 Å². The van der Waals surface area contributed by atoms with Gasteiger partial charge in [-0.3, -0.25) is 4.79 Å². The molecule has 1 aliphatic heterocycles. The third kappa shape index (κ3) is 4.85. The number of nitrogens with zero attached hydrogens (tertiary/aromatic N) is 3. The maximum Gasteiger partial charge on any atom is 0.264 e. The Bertz CT molecular complexity index is 1560. The van der Waals surface area contributed by atoms with E-state index in [1.54, 1.807) is 12.1 Å². The molecule has 1 amide bonds. The number of fused-ring (bicyclic) bond motifs is 1. The summed E-state index contributed by atoms with van der Waals surface area (Å²) >= 11 is 1.36. The normalized spacial score (nSPS) is 14.4. The van der Waals surface area contributed by atoms with E-state index in [-0.39, 0.29) is 29.3 Å². The Morgan fingerprint density at radius 3 is 2.42 bits per heavy atom. The van der Waals surface area contributed by atoms with E-state index in [9.17, 15) is 13.2 Å². The van der Waals surface area contributed by atoms with Gasteiger partial charge in [0.15, 0.2) is 5.13 Å². The lowest BCUT2D eigenvalue weighted by Crippen LogP contribution is -2.40. The number of benzene rings is 3. The summed E-state index contributed by atoms with van der Waals surface area (Å²) in [6.07, 6.45) is 0. The molecule has 3 aromatic carbocycles. The second kappa shape index (κ2) is 10.7. The summed E-state index contributed by atoms with van der Waals surface area (Å²) in [6, 6.07) is 17.6. The lowest BCUT2D eigenvalue weighted by Gasteiger charge is -2.27. The van der Waals surface area contributed by atoms with E-state index >= 15 is 0 Å². The van der Waals surface area contributed by atoms with Crippen LogP contribution in [0.4, 0.5) is 10.8 Å². The van der Waals surface area contributed by atoms with Gasteiger partial charge in [0, 0.05) is 18.7 Å². The van der Waals surface area contributed by atoms with Crippen LogP contribution in [0.1, 0.15) is 15.9 Å². The minimum Gasteiger partial charge on any atom is -0.495 e. The fourth-order valence-electron chi connectivity index (χ4n) is 4.30. The number of hydrogen-bond acceptors (Lipinski definition) is 8. The molecule has 0 N–H and O–H groups in total. The quantitative estimate of drug-likeness (QED) is 0.329. The van der Waals surface area contributed by atoms with Crippen molar-refractivity contribution in [2.45, 2.75) is 11.8 Å². The molecule has 0 atom stereocenters. The van der Waals surface area contributed by atoms with Crippen molar-refractivity contribution < 1.29 is 27.4 Å². The fourth-order valence-corrected chi connectivity index (χ4v) is 6.86. The van der Waals surface area contributed by atoms with E-state index in [1.165, 1.54) is 46.9 Å². The highest BCUT2D eigenvalue weighted by Gasteiger charge is 2.32. The molecule has 9 nitrogen and oxygen atoms in total. The number of rotatable bonds is 7. The zero-order valence-corrected chi connectivity index (χ0v) is 22.8. The Kier molecular flexibility index (Phi) is 7.35. The minimum atomic E-state index is -3.94. The van der Waals surface area contributed by atoms with E-state index in [0.717, 1.165) is 15.8 Å². The highest BCUT2D eigenvalue weighted by Crippen LogP contribution is 2.40. The molecule has 0 spiro atoms. The second-order valence-corrected chi connectivity index (χ2v) is 11.6. The van der Waals surface area contributed by atoms with Gasteiger partial charge >= 0.3 is 0 Å². The van der Waals surface area contributed by atoms with Gasteiger partial charge in [-0.2, -0.15) is 4.31 Å². The van der Waals surface area contributed by atoms with Gasteiger partial charge in [-0.15, -0.1) is 0 Å². The maximum absolute atomic E-state index is 14.2. The molecule has 4 aromatic rings. The molecule has 5 rings (SSSR count). The number of sulfonamides is 1. The standard InChI is InChI=1S/C27H27N3O6S2/c1-18-8-10-22(34-2)21(16-18)30(27-28-20-6-4-5-7-24(20)37-27)26(31)19-9-11-23(35-3)25(17-19)38(32,33)29-12-14-36-15-13-29/h4-11,16-17H,12-15H2,1-3H3. The molecule has 198 valence electrons. The van der Waals surface area contributed by atoms with Crippen LogP contribution in [0.3, 0.4) is 0 Å². The number of methoxy groups -OCH3 is 2. The molecule has 0 saturated carbocycles. The lowest BCUT2D eigenvalue weighted by molar-refractivity contribution is 0.0729. The predicted molar refractivity (Wildman–Crippen MR) is 146 cm³/mol. The van der Waals surface area contributed by atoms with Crippen LogP contribution in [0.5, 0.6) is 11.5 Å². The molecule has 38 heavy (non-hydrogen) atoms. The van der Waals surface area contributed by atoms with Gasteiger partial charge < -0.3 is 14.2 Å². The van der Waals surface area contributed by atoms with Crippen molar-refractivity contribution in [2.24, 2.45) is 0 Å². The van der Waals surface area contributed by atoms with E-state index < -0.39 is 15.9 Å². The zero-order valence-electron chi connectivity index (χ0n) is 21.2. The van der Waals surface area contributed by atoms with Crippen LogP contribution in [0.2, 0.25) is 0 Å². The van der Waals surface area contributed by atoms with Gasteiger partial charge in [0.25, 0.3) is 5.91 Å². The Hall–Kier alpha value is -3.51. The largest absolute Gasteiger partial charge is 0.495 e. The summed E-state index contributed by atoms with van der Waals surface area (Å²) < 4.78 is 45.7. The van der Waals surface area contributed by atoms with Crippen molar-refractivity contribution in [3.05, 3.63) is 71.8 Å². The van der Waals surface area contributed by atoms with Gasteiger partial charge in [-0.1, -0.05) is 29.5 Å². The van der Waals surface area contributed by atoms with Crippen molar-refractivity contribution in [3.63, 3.8) is 0 Å². The molecule has 0 unspecified atom stereocenters. The second-order valence-electron chi connectivity index (χ2n) is 8.66. The average molecular weight is 554 g/mol. The van der Waals surface area contributed by atoms with Crippen molar-refractivity contribution >= 4 is 48.3 Å². The van der Waals surface area contributed by atoms with E-state index in [0.29, 0.717) is 29.8 Å². The first-order valence-electron chi connectivity index (χ1n) is 11.9. The van der Waals surface area contributed by atoms with Crippen LogP contribution < -0.4 is 14.4 Å². The highest BCUT2D eigenvalue weighted by molar-refractivity contribution is 7.89. The molecule has 0 aliphatic carbocycles. The number of carbonyl (C=O) groups is 1. The summed E-state index contributed by atoms with van der Waals surface area (Å²) in [7, 11) is -0.996. The van der Waals surface area contributed by atoms with Crippen LogP contribution >= 0.6 is 11.3 Å². The third-order valence-corrected chi connectivity index (χ3v) is 9.19. The number of amides is 1. The number of aryl methyl sites for hydroxylation is 1. The number of thiazole rings is 1. The first-order chi connectivity index (χ1) is 18.3. The van der Waals surface area contributed by atoms with Crippen LogP contribution in [0.15, 0.2) is 65.6 Å².